The van der Waals surface area contributed by atoms with Crippen LogP contribution in [0, 0.1) is 6.92 Å². The molecule has 174 valence electrons. The molecule has 0 spiro atoms. The number of rotatable bonds is 9. The summed E-state index contributed by atoms with van der Waals surface area (Å²) >= 11 is 0. The number of anilines is 1. The highest BCUT2D eigenvalue weighted by atomic mass is 16.5. The summed E-state index contributed by atoms with van der Waals surface area (Å²) in [5, 5.41) is 12.8. The summed E-state index contributed by atoms with van der Waals surface area (Å²) in [4.78, 5) is 15.0. The van der Waals surface area contributed by atoms with Crippen molar-refractivity contribution < 1.29 is 14.6 Å². The minimum atomic E-state index is -0.484. The van der Waals surface area contributed by atoms with Gasteiger partial charge in [0.2, 0.25) is 0 Å². The van der Waals surface area contributed by atoms with Crippen molar-refractivity contribution in [3.63, 3.8) is 0 Å². The van der Waals surface area contributed by atoms with Gasteiger partial charge in [0.1, 0.15) is 5.75 Å². The van der Waals surface area contributed by atoms with Crippen LogP contribution in [0.15, 0.2) is 60.7 Å². The van der Waals surface area contributed by atoms with Crippen molar-refractivity contribution in [1.29, 1.82) is 0 Å². The molecule has 0 aliphatic carbocycles. The van der Waals surface area contributed by atoms with E-state index in [1.807, 2.05) is 61.5 Å². The van der Waals surface area contributed by atoms with E-state index in [1.54, 1.807) is 20.1 Å². The molecule has 33 heavy (non-hydrogen) atoms. The molecule has 2 N–H and O–H groups in total. The van der Waals surface area contributed by atoms with Crippen molar-refractivity contribution in [2.24, 2.45) is 0 Å². The van der Waals surface area contributed by atoms with Crippen LogP contribution in [0.3, 0.4) is 0 Å². The summed E-state index contributed by atoms with van der Waals surface area (Å²) in [6, 6.07) is 19.4. The minimum absolute atomic E-state index is 0.142. The summed E-state index contributed by atoms with van der Waals surface area (Å²) in [7, 11) is 5.77. The second kappa shape index (κ2) is 11.1. The van der Waals surface area contributed by atoms with E-state index >= 15 is 0 Å². The number of methoxy groups -OCH3 is 1. The number of aryl methyl sites for hydroxylation is 2. The number of hydrogen-bond donors (Lipinski definition) is 2. The van der Waals surface area contributed by atoms with Gasteiger partial charge in [-0.3, -0.25) is 4.79 Å². The predicted molar refractivity (Wildman–Crippen MR) is 135 cm³/mol. The smallest absolute Gasteiger partial charge is 0.255 e. The number of aliphatic hydroxyl groups excluding tert-OH is 1. The van der Waals surface area contributed by atoms with Crippen LogP contribution in [0.2, 0.25) is 0 Å². The minimum Gasteiger partial charge on any atom is -0.496 e. The predicted octanol–water partition coefficient (Wildman–Crippen LogP) is 5.47. The third-order valence-electron chi connectivity index (χ3n) is 5.78. The Balaban J connectivity index is 1.72. The highest BCUT2D eigenvalue weighted by Gasteiger charge is 2.12. The molecule has 1 atom stereocenters. The van der Waals surface area contributed by atoms with Crippen LogP contribution >= 0.6 is 0 Å². The van der Waals surface area contributed by atoms with Crippen LogP contribution in [0.4, 0.5) is 5.69 Å². The van der Waals surface area contributed by atoms with Gasteiger partial charge in [-0.1, -0.05) is 30.3 Å². The molecule has 0 saturated heterocycles. The van der Waals surface area contributed by atoms with E-state index < -0.39 is 6.10 Å². The molecular weight excluding hydrogens is 412 g/mol. The summed E-state index contributed by atoms with van der Waals surface area (Å²) in [6.07, 6.45) is 1.36. The fraction of sp³-hybridized carbons (Fsp3) is 0.321. The number of hydrogen-bond acceptors (Lipinski definition) is 4. The number of nitrogens with zero attached hydrogens (tertiary/aromatic N) is 1. The lowest BCUT2D eigenvalue weighted by Gasteiger charge is -2.13. The number of benzene rings is 3. The molecule has 3 aromatic rings. The Morgan fingerprint density at radius 2 is 1.79 bits per heavy atom. The largest absolute Gasteiger partial charge is 0.496 e. The lowest BCUT2D eigenvalue weighted by molar-refractivity contribution is 0.102. The molecule has 0 fully saturated rings. The Morgan fingerprint density at radius 3 is 2.39 bits per heavy atom. The van der Waals surface area contributed by atoms with Gasteiger partial charge in [0.05, 0.1) is 13.2 Å². The first-order valence-corrected chi connectivity index (χ1v) is 11.3. The van der Waals surface area contributed by atoms with E-state index in [9.17, 15) is 9.90 Å². The lowest BCUT2D eigenvalue weighted by Crippen LogP contribution is -2.14. The number of carbonyl (C=O) groups is 1. The second-order valence-corrected chi connectivity index (χ2v) is 8.72. The molecule has 0 radical (unpaired) electrons. The summed E-state index contributed by atoms with van der Waals surface area (Å²) in [6.45, 7) is 4.78. The number of nitrogens with one attached hydrogen (secondary N) is 1. The second-order valence-electron chi connectivity index (χ2n) is 8.72. The van der Waals surface area contributed by atoms with Crippen molar-refractivity contribution >= 4 is 11.6 Å². The topological polar surface area (TPSA) is 61.8 Å². The first-order valence-electron chi connectivity index (χ1n) is 11.3. The van der Waals surface area contributed by atoms with E-state index in [2.05, 4.69) is 24.3 Å². The van der Waals surface area contributed by atoms with Crippen LogP contribution in [0.5, 0.6) is 5.75 Å². The van der Waals surface area contributed by atoms with Crippen LogP contribution in [-0.2, 0) is 6.42 Å². The van der Waals surface area contributed by atoms with E-state index in [4.69, 9.17) is 4.74 Å². The van der Waals surface area contributed by atoms with Crippen molar-refractivity contribution in [3.8, 4) is 16.9 Å². The molecule has 3 aromatic carbocycles. The highest BCUT2D eigenvalue weighted by Crippen LogP contribution is 2.28. The summed E-state index contributed by atoms with van der Waals surface area (Å²) in [5.74, 6) is 0.670. The van der Waals surface area contributed by atoms with Gasteiger partial charge < -0.3 is 20.1 Å². The summed E-state index contributed by atoms with van der Waals surface area (Å²) in [5.41, 5.74) is 6.57. The average molecular weight is 447 g/mol. The molecule has 5 heteroatoms. The molecule has 0 heterocycles. The lowest BCUT2D eigenvalue weighted by atomic mass is 9.97. The van der Waals surface area contributed by atoms with Gasteiger partial charge in [-0.2, -0.15) is 0 Å². The van der Waals surface area contributed by atoms with Crippen LogP contribution in [0.25, 0.3) is 11.1 Å². The van der Waals surface area contributed by atoms with E-state index in [-0.39, 0.29) is 5.91 Å². The van der Waals surface area contributed by atoms with Gasteiger partial charge in [-0.05, 0) is 105 Å². The maximum absolute atomic E-state index is 12.9. The third-order valence-corrected chi connectivity index (χ3v) is 5.78. The van der Waals surface area contributed by atoms with Crippen LogP contribution in [0.1, 0.15) is 46.5 Å². The zero-order valence-corrected chi connectivity index (χ0v) is 20.2. The van der Waals surface area contributed by atoms with E-state index in [1.165, 1.54) is 0 Å². The first-order chi connectivity index (χ1) is 15.8. The first kappa shape index (κ1) is 24.5. The fourth-order valence-corrected chi connectivity index (χ4v) is 3.91. The van der Waals surface area contributed by atoms with Gasteiger partial charge in [0.25, 0.3) is 5.91 Å². The van der Waals surface area contributed by atoms with Gasteiger partial charge in [-0.15, -0.1) is 0 Å². The molecule has 1 amide bonds. The normalized spacial score (nSPS) is 12.0. The van der Waals surface area contributed by atoms with Crippen molar-refractivity contribution in [2.75, 3.05) is 33.1 Å². The Morgan fingerprint density at radius 1 is 1.06 bits per heavy atom. The molecule has 0 bridgehead atoms. The standard InChI is InChI=1S/C28H34N2O3/c1-19-17-22(20(2)31)10-14-26(19)21-8-12-25(13-9-21)29-28(32)24-11-15-27(33-5)23(18-24)7-6-16-30(3)4/h8-15,17-18,20,31H,6-7,16H2,1-5H3,(H,29,32). The van der Waals surface area contributed by atoms with Crippen molar-refractivity contribution in [1.82, 2.24) is 4.90 Å². The highest BCUT2D eigenvalue weighted by molar-refractivity contribution is 6.04. The van der Waals surface area contributed by atoms with Gasteiger partial charge >= 0.3 is 0 Å². The van der Waals surface area contributed by atoms with E-state index in [0.29, 0.717) is 5.56 Å². The van der Waals surface area contributed by atoms with Crippen molar-refractivity contribution in [3.05, 3.63) is 82.9 Å². The Bertz CT molecular complexity index is 1090. The quantitative estimate of drug-likeness (QED) is 0.458. The molecule has 0 aliphatic rings. The molecule has 5 nitrogen and oxygen atoms in total. The Labute approximate surface area is 197 Å². The van der Waals surface area contributed by atoms with Gasteiger partial charge in [-0.25, -0.2) is 0 Å². The van der Waals surface area contributed by atoms with Gasteiger partial charge in [0, 0.05) is 11.3 Å². The molecule has 0 aliphatic heterocycles. The zero-order valence-electron chi connectivity index (χ0n) is 20.2. The Kier molecular flexibility index (Phi) is 8.26. The maximum atomic E-state index is 12.9. The SMILES string of the molecule is COc1ccc(C(=O)Nc2ccc(-c3ccc(C(C)O)cc3C)cc2)cc1CCCN(C)C. The number of ether oxygens (including phenoxy) is 1. The average Bonchev–Trinajstić information content (AvgIpc) is 2.79. The fourth-order valence-electron chi connectivity index (χ4n) is 3.91. The zero-order chi connectivity index (χ0) is 24.0. The van der Waals surface area contributed by atoms with Crippen LogP contribution in [-0.4, -0.2) is 43.7 Å². The number of carbonyl (C=O) groups excluding carboxylic acids is 1. The van der Waals surface area contributed by atoms with Gasteiger partial charge in [0.15, 0.2) is 0 Å². The molecule has 0 saturated carbocycles. The molecular formula is C28H34N2O3. The molecule has 3 rings (SSSR count). The maximum Gasteiger partial charge on any atom is 0.255 e. The molecule has 1 unspecified atom stereocenters. The monoisotopic (exact) mass is 446 g/mol. The van der Waals surface area contributed by atoms with E-state index in [0.717, 1.165) is 58.6 Å². The van der Waals surface area contributed by atoms with Crippen LogP contribution < -0.4 is 10.1 Å². The van der Waals surface area contributed by atoms with Crippen molar-refractivity contribution in [2.45, 2.75) is 32.8 Å². The molecule has 0 aromatic heterocycles. The Hall–Kier alpha value is -3.15. The summed E-state index contributed by atoms with van der Waals surface area (Å²) < 4.78 is 5.48. The number of aliphatic hydroxyl groups is 1. The third kappa shape index (κ3) is 6.44. The number of amides is 1.